The number of rotatable bonds is 57. The van der Waals surface area contributed by atoms with E-state index in [-0.39, 0.29) is 11.8 Å². The predicted molar refractivity (Wildman–Crippen MR) is 285 cm³/mol. The van der Waals surface area contributed by atoms with Crippen molar-refractivity contribution in [2.24, 2.45) is 5.92 Å². The first-order valence-electron chi connectivity index (χ1n) is 30.1. The van der Waals surface area contributed by atoms with Crippen molar-refractivity contribution in [2.75, 3.05) is 6.54 Å². The Kier molecular flexibility index (Phi) is 55.3. The number of carbonyl (C=O) groups excluding carboxylic acids is 1. The van der Waals surface area contributed by atoms with Gasteiger partial charge in [-0.1, -0.05) is 328 Å². The van der Waals surface area contributed by atoms with Crippen LogP contribution in [0.25, 0.3) is 0 Å². The van der Waals surface area contributed by atoms with Gasteiger partial charge in [-0.2, -0.15) is 0 Å². The molecule has 0 aliphatic heterocycles. The molecule has 2 N–H and O–H groups in total. The number of hydrogen-bond acceptors (Lipinski definition) is 2. The second-order valence-corrected chi connectivity index (χ2v) is 21.0. The molecule has 0 aromatic rings. The highest BCUT2D eigenvalue weighted by atomic mass is 16.4. The van der Waals surface area contributed by atoms with Crippen LogP contribution in [0.4, 0.5) is 0 Å². The normalized spacial score (nSPS) is 12.0. The summed E-state index contributed by atoms with van der Waals surface area (Å²) in [6.07, 6.45) is 72.6. The number of carbonyl (C=O) groups is 2. The summed E-state index contributed by atoms with van der Waals surface area (Å²) in [7, 11) is 0. The largest absolute Gasteiger partial charge is 0.481 e. The molecule has 0 heterocycles. The topological polar surface area (TPSA) is 66.4 Å². The fourth-order valence-electron chi connectivity index (χ4n) is 9.99. The van der Waals surface area contributed by atoms with Crippen molar-refractivity contribution >= 4 is 11.9 Å². The van der Waals surface area contributed by atoms with Crippen LogP contribution in [0.1, 0.15) is 361 Å². The lowest BCUT2D eigenvalue weighted by molar-refractivity contribution is -0.142. The monoisotopic (exact) mass is 902 g/mol. The summed E-state index contributed by atoms with van der Waals surface area (Å²) < 4.78 is 0. The third kappa shape index (κ3) is 53.6. The summed E-state index contributed by atoms with van der Waals surface area (Å²) in [6.45, 7) is 5.32. The van der Waals surface area contributed by atoms with Crippen LogP contribution >= 0.6 is 0 Å². The molecule has 64 heavy (non-hydrogen) atoms. The molecule has 0 fully saturated rings. The van der Waals surface area contributed by atoms with Gasteiger partial charge in [0.25, 0.3) is 0 Å². The fourth-order valence-corrected chi connectivity index (χ4v) is 9.99. The van der Waals surface area contributed by atoms with Crippen molar-refractivity contribution in [3.8, 4) is 0 Å². The van der Waals surface area contributed by atoms with E-state index in [1.54, 1.807) is 0 Å². The van der Waals surface area contributed by atoms with Crippen molar-refractivity contribution in [1.29, 1.82) is 0 Å². The first-order valence-corrected chi connectivity index (χ1v) is 30.1. The summed E-state index contributed by atoms with van der Waals surface area (Å²) in [6, 6.07) is 0. The van der Waals surface area contributed by atoms with Gasteiger partial charge in [-0.15, -0.1) is 0 Å². The molecule has 0 bridgehead atoms. The molecule has 0 aliphatic rings. The highest BCUT2D eigenvalue weighted by molar-refractivity contribution is 5.75. The Hall–Kier alpha value is -1.06. The van der Waals surface area contributed by atoms with E-state index in [0.717, 1.165) is 57.9 Å². The van der Waals surface area contributed by atoms with Gasteiger partial charge < -0.3 is 10.4 Å². The van der Waals surface area contributed by atoms with Gasteiger partial charge in [-0.3, -0.25) is 9.59 Å². The van der Waals surface area contributed by atoms with Crippen LogP contribution in [-0.2, 0) is 9.59 Å². The summed E-state index contributed by atoms with van der Waals surface area (Å²) in [5.74, 6) is -0.416. The van der Waals surface area contributed by atoms with Gasteiger partial charge in [0.05, 0.1) is 5.92 Å². The Morgan fingerprint density at radius 3 is 0.781 bits per heavy atom. The van der Waals surface area contributed by atoms with E-state index in [2.05, 4.69) is 19.2 Å². The number of aliphatic carboxylic acids is 1. The molecule has 4 heteroatoms. The van der Waals surface area contributed by atoms with Crippen LogP contribution in [0.2, 0.25) is 0 Å². The van der Waals surface area contributed by atoms with Gasteiger partial charge >= 0.3 is 5.97 Å². The highest BCUT2D eigenvalue weighted by Crippen LogP contribution is 2.20. The molecule has 1 unspecified atom stereocenters. The van der Waals surface area contributed by atoms with E-state index in [1.165, 1.54) is 295 Å². The summed E-state index contributed by atoms with van der Waals surface area (Å²) in [5.41, 5.74) is 0. The summed E-state index contributed by atoms with van der Waals surface area (Å²) in [4.78, 5) is 23.6. The molecule has 0 saturated carbocycles. The second kappa shape index (κ2) is 56.3. The van der Waals surface area contributed by atoms with E-state index < -0.39 is 5.97 Å². The maximum absolute atomic E-state index is 12.2. The Bertz CT molecular complexity index is 890. The molecule has 0 aromatic heterocycles. The minimum atomic E-state index is -0.584. The van der Waals surface area contributed by atoms with Gasteiger partial charge in [-0.25, -0.2) is 0 Å². The standard InChI is InChI=1S/C60H119NO3/c1-3-5-7-8-9-10-11-12-13-14-15-16-17-18-22-25-28-31-34-37-40-43-46-49-52-56-59(62)61-57-53-50-47-44-41-38-35-32-29-26-23-20-19-21-24-27-30-33-36-39-42-45-48-51-55-58(60(63)64)54-6-4-2/h58H,3-57H2,1-2H3,(H,61,62)(H,63,64). The zero-order chi connectivity index (χ0) is 46.3. The molecule has 1 atom stereocenters. The van der Waals surface area contributed by atoms with Crippen molar-refractivity contribution in [3.63, 3.8) is 0 Å². The van der Waals surface area contributed by atoms with Gasteiger partial charge in [0.1, 0.15) is 0 Å². The predicted octanol–water partition coefficient (Wildman–Crippen LogP) is 20.9. The van der Waals surface area contributed by atoms with E-state index in [9.17, 15) is 14.7 Å². The fraction of sp³-hybridized carbons (Fsp3) is 0.967. The van der Waals surface area contributed by atoms with E-state index in [0.29, 0.717) is 0 Å². The van der Waals surface area contributed by atoms with Crippen LogP contribution in [0.3, 0.4) is 0 Å². The van der Waals surface area contributed by atoms with Crippen LogP contribution in [0.15, 0.2) is 0 Å². The van der Waals surface area contributed by atoms with Crippen molar-refractivity contribution in [3.05, 3.63) is 0 Å². The van der Waals surface area contributed by atoms with Crippen molar-refractivity contribution in [2.45, 2.75) is 361 Å². The molecule has 0 aliphatic carbocycles. The van der Waals surface area contributed by atoms with Crippen LogP contribution < -0.4 is 5.32 Å². The maximum Gasteiger partial charge on any atom is 0.306 e. The Morgan fingerprint density at radius 1 is 0.297 bits per heavy atom. The van der Waals surface area contributed by atoms with Gasteiger partial charge in [0.15, 0.2) is 0 Å². The number of carboxylic acids is 1. The first kappa shape index (κ1) is 62.9. The van der Waals surface area contributed by atoms with Crippen molar-refractivity contribution < 1.29 is 14.7 Å². The Balaban J connectivity index is 3.19. The number of nitrogens with one attached hydrogen (secondary N) is 1. The highest BCUT2D eigenvalue weighted by Gasteiger charge is 2.15. The second-order valence-electron chi connectivity index (χ2n) is 21.0. The smallest absolute Gasteiger partial charge is 0.306 e. The Morgan fingerprint density at radius 2 is 0.516 bits per heavy atom. The van der Waals surface area contributed by atoms with E-state index in [4.69, 9.17) is 0 Å². The average Bonchev–Trinajstić information content (AvgIpc) is 3.29. The van der Waals surface area contributed by atoms with Gasteiger partial charge in [0.2, 0.25) is 5.91 Å². The van der Waals surface area contributed by atoms with Crippen LogP contribution in [0, 0.1) is 5.92 Å². The Labute approximate surface area is 403 Å². The molecular weight excluding hydrogens is 783 g/mol. The zero-order valence-corrected chi connectivity index (χ0v) is 44.2. The lowest BCUT2D eigenvalue weighted by atomic mass is 9.95. The molecule has 0 aromatic carbocycles. The third-order valence-electron chi connectivity index (χ3n) is 14.6. The average molecular weight is 903 g/mol. The van der Waals surface area contributed by atoms with Gasteiger partial charge in [0, 0.05) is 13.0 Å². The zero-order valence-electron chi connectivity index (χ0n) is 44.2. The molecule has 1 amide bonds. The molecule has 0 radical (unpaired) electrons. The van der Waals surface area contributed by atoms with Crippen LogP contribution in [-0.4, -0.2) is 23.5 Å². The number of carboxylic acid groups (broad SMARTS) is 1. The molecule has 0 rings (SSSR count). The quantitative estimate of drug-likeness (QED) is 0.0598. The van der Waals surface area contributed by atoms with E-state index in [1.807, 2.05) is 0 Å². The number of amides is 1. The van der Waals surface area contributed by atoms with Gasteiger partial charge in [-0.05, 0) is 25.7 Å². The third-order valence-corrected chi connectivity index (χ3v) is 14.6. The molecule has 4 nitrogen and oxygen atoms in total. The lowest BCUT2D eigenvalue weighted by Gasteiger charge is -2.11. The summed E-state index contributed by atoms with van der Waals surface area (Å²) in [5, 5.41) is 12.5. The summed E-state index contributed by atoms with van der Waals surface area (Å²) >= 11 is 0. The van der Waals surface area contributed by atoms with Crippen LogP contribution in [0.5, 0.6) is 0 Å². The maximum atomic E-state index is 12.2. The number of unbranched alkanes of at least 4 members (excludes halogenated alkanes) is 48. The molecule has 0 spiro atoms. The molecule has 382 valence electrons. The SMILES string of the molecule is CCCCCCCCCCCCCCCCCCCCCCCCCCCC(=O)NCCCCCCCCCCCCCCCCCCCCCCCCCCC(CCCC)C(=O)O. The molecular formula is C60H119NO3. The van der Waals surface area contributed by atoms with E-state index >= 15 is 0 Å². The lowest BCUT2D eigenvalue weighted by Crippen LogP contribution is -2.23. The minimum absolute atomic E-state index is 0.108. The first-order chi connectivity index (χ1) is 31.6. The minimum Gasteiger partial charge on any atom is -0.481 e. The number of hydrogen-bond donors (Lipinski definition) is 2. The molecule has 0 saturated heterocycles. The van der Waals surface area contributed by atoms with Crippen molar-refractivity contribution in [1.82, 2.24) is 5.32 Å².